The highest BCUT2D eigenvalue weighted by Crippen LogP contribution is 2.50. The largest absolute Gasteiger partial charge is 0.392 e. The molecule has 28 heavy (non-hydrogen) atoms. The second-order valence-electron chi connectivity index (χ2n) is 9.15. The molecule has 1 aliphatic heterocycles. The highest BCUT2D eigenvalue weighted by molar-refractivity contribution is 5.18. The van der Waals surface area contributed by atoms with Crippen LogP contribution in [0.4, 0.5) is 0 Å². The van der Waals surface area contributed by atoms with Crippen LogP contribution in [0.5, 0.6) is 0 Å². The van der Waals surface area contributed by atoms with Crippen LogP contribution in [-0.4, -0.2) is 60.2 Å². The highest BCUT2D eigenvalue weighted by Gasteiger charge is 2.44. The van der Waals surface area contributed by atoms with Crippen molar-refractivity contribution in [1.82, 2.24) is 4.90 Å². The summed E-state index contributed by atoms with van der Waals surface area (Å²) in [6.45, 7) is 7.27. The number of allylic oxidation sites excluding steroid dienone is 1. The van der Waals surface area contributed by atoms with Gasteiger partial charge in [0.05, 0.1) is 25.4 Å². The third kappa shape index (κ3) is 6.41. The van der Waals surface area contributed by atoms with Gasteiger partial charge in [0, 0.05) is 12.5 Å². The molecule has 2 aliphatic carbocycles. The van der Waals surface area contributed by atoms with Crippen molar-refractivity contribution in [3.63, 3.8) is 0 Å². The Morgan fingerprint density at radius 1 is 1.21 bits per heavy atom. The fourth-order valence-electron chi connectivity index (χ4n) is 5.36. The highest BCUT2D eigenvalue weighted by atomic mass is 16.5. The zero-order valence-electron chi connectivity index (χ0n) is 17.8. The van der Waals surface area contributed by atoms with E-state index in [1.165, 1.54) is 44.3 Å². The Morgan fingerprint density at radius 2 is 2.04 bits per heavy atom. The van der Waals surface area contributed by atoms with Crippen LogP contribution in [0.1, 0.15) is 64.7 Å². The van der Waals surface area contributed by atoms with Crippen LogP contribution in [0, 0.1) is 17.8 Å². The third-order valence-electron chi connectivity index (χ3n) is 7.01. The number of rotatable bonds is 11. The van der Waals surface area contributed by atoms with E-state index in [9.17, 15) is 10.2 Å². The zero-order chi connectivity index (χ0) is 19.8. The summed E-state index contributed by atoms with van der Waals surface area (Å²) in [6.07, 6.45) is 15.8. The number of unbranched alkanes of at least 4 members (excludes halogenated alkanes) is 2. The summed E-state index contributed by atoms with van der Waals surface area (Å²) in [4.78, 5) is 2.49. The van der Waals surface area contributed by atoms with E-state index in [-0.39, 0.29) is 18.1 Å². The summed E-state index contributed by atoms with van der Waals surface area (Å²) in [5.74, 6) is 1.33. The first-order valence-electron chi connectivity index (χ1n) is 11.7. The summed E-state index contributed by atoms with van der Waals surface area (Å²) in [5.41, 5.74) is 1.50. The van der Waals surface area contributed by atoms with Gasteiger partial charge in [-0.15, -0.1) is 0 Å². The molecule has 0 aromatic rings. The summed E-state index contributed by atoms with van der Waals surface area (Å²) in [7, 11) is 0. The first kappa shape index (κ1) is 22.0. The van der Waals surface area contributed by atoms with Crippen molar-refractivity contribution in [2.75, 3.05) is 32.8 Å². The Kier molecular flexibility index (Phi) is 9.04. The second kappa shape index (κ2) is 11.5. The molecule has 2 N–H and O–H groups in total. The lowest BCUT2D eigenvalue weighted by Gasteiger charge is -2.18. The Bertz CT molecular complexity index is 512. The van der Waals surface area contributed by atoms with E-state index >= 15 is 0 Å². The lowest BCUT2D eigenvalue weighted by Crippen LogP contribution is -2.24. The van der Waals surface area contributed by atoms with Gasteiger partial charge in [0.1, 0.15) is 0 Å². The maximum absolute atomic E-state index is 10.5. The SMILES string of the molecule is CCCCC[C@H](O)C=C[C@@H]1[C@H]2CC(=CCOCCN3CCCC3)C[C@H]2C[C@H]1O. The molecule has 5 atom stereocenters. The van der Waals surface area contributed by atoms with Crippen molar-refractivity contribution in [3.05, 3.63) is 23.8 Å². The summed E-state index contributed by atoms with van der Waals surface area (Å²) in [5, 5.41) is 20.6. The van der Waals surface area contributed by atoms with E-state index in [1.54, 1.807) is 0 Å². The molecule has 3 fully saturated rings. The van der Waals surface area contributed by atoms with Crippen molar-refractivity contribution in [3.8, 4) is 0 Å². The molecule has 3 rings (SSSR count). The van der Waals surface area contributed by atoms with Crippen LogP contribution in [0.3, 0.4) is 0 Å². The summed E-state index contributed by atoms with van der Waals surface area (Å²) in [6, 6.07) is 0. The van der Waals surface area contributed by atoms with Gasteiger partial charge in [-0.3, -0.25) is 0 Å². The van der Waals surface area contributed by atoms with Crippen LogP contribution < -0.4 is 0 Å². The summed E-state index contributed by atoms with van der Waals surface area (Å²) >= 11 is 0. The van der Waals surface area contributed by atoms with Gasteiger partial charge in [0.2, 0.25) is 0 Å². The Morgan fingerprint density at radius 3 is 2.82 bits per heavy atom. The molecule has 0 unspecified atom stereocenters. The minimum absolute atomic E-state index is 0.202. The molecule has 0 radical (unpaired) electrons. The lowest BCUT2D eigenvalue weighted by molar-refractivity contribution is 0.132. The standard InChI is InChI=1S/C24H41NO3/c1-2-3-4-7-21(26)8-9-22-23-17-19(16-20(23)18-24(22)27)10-14-28-15-13-25-11-5-6-12-25/h8-10,20-24,26-27H,2-7,11-18H2,1H3/t20-,21-,22+,23-,24+/m0/s1. The van der Waals surface area contributed by atoms with Gasteiger partial charge in [0.15, 0.2) is 0 Å². The molecule has 0 amide bonds. The number of aliphatic hydroxyl groups excluding tert-OH is 2. The van der Waals surface area contributed by atoms with E-state index in [0.29, 0.717) is 11.8 Å². The number of hydrogen-bond donors (Lipinski definition) is 2. The number of aliphatic hydroxyl groups is 2. The molecule has 0 aromatic carbocycles. The van der Waals surface area contributed by atoms with Crippen LogP contribution in [0.15, 0.2) is 23.8 Å². The maximum Gasteiger partial charge on any atom is 0.0721 e. The van der Waals surface area contributed by atoms with Crippen molar-refractivity contribution in [2.24, 2.45) is 17.8 Å². The number of ether oxygens (including phenoxy) is 1. The first-order valence-corrected chi connectivity index (χ1v) is 11.7. The molecule has 0 aromatic heterocycles. The van der Waals surface area contributed by atoms with Crippen LogP contribution in [0.2, 0.25) is 0 Å². The number of likely N-dealkylation sites (tertiary alicyclic amines) is 1. The molecule has 1 saturated heterocycles. The van der Waals surface area contributed by atoms with Gasteiger partial charge in [0.25, 0.3) is 0 Å². The van der Waals surface area contributed by atoms with E-state index in [0.717, 1.165) is 51.9 Å². The Balaban J connectivity index is 1.39. The van der Waals surface area contributed by atoms with Crippen molar-refractivity contribution >= 4 is 0 Å². The number of fused-ring (bicyclic) bond motifs is 1. The molecule has 3 aliphatic rings. The minimum atomic E-state index is -0.363. The molecule has 0 spiro atoms. The fraction of sp³-hybridized carbons (Fsp3) is 0.833. The lowest BCUT2D eigenvalue weighted by atomic mass is 9.90. The second-order valence-corrected chi connectivity index (χ2v) is 9.15. The molecular formula is C24H41NO3. The number of nitrogens with zero attached hydrogens (tertiary/aromatic N) is 1. The van der Waals surface area contributed by atoms with E-state index in [1.807, 2.05) is 6.08 Å². The van der Waals surface area contributed by atoms with Gasteiger partial charge < -0.3 is 19.8 Å². The molecule has 0 bridgehead atoms. The van der Waals surface area contributed by atoms with E-state index < -0.39 is 0 Å². The first-order chi connectivity index (χ1) is 13.7. The predicted molar refractivity (Wildman–Crippen MR) is 114 cm³/mol. The van der Waals surface area contributed by atoms with Gasteiger partial charge in [-0.25, -0.2) is 0 Å². The average Bonchev–Trinajstić information content (AvgIpc) is 3.37. The smallest absolute Gasteiger partial charge is 0.0721 e. The summed E-state index contributed by atoms with van der Waals surface area (Å²) < 4.78 is 5.84. The minimum Gasteiger partial charge on any atom is -0.392 e. The van der Waals surface area contributed by atoms with Gasteiger partial charge in [-0.1, -0.05) is 50.0 Å². The maximum atomic E-state index is 10.5. The van der Waals surface area contributed by atoms with Crippen LogP contribution in [-0.2, 0) is 4.74 Å². The van der Waals surface area contributed by atoms with Gasteiger partial charge in [-0.05, 0) is 63.5 Å². The van der Waals surface area contributed by atoms with Gasteiger partial charge in [-0.2, -0.15) is 0 Å². The van der Waals surface area contributed by atoms with Crippen molar-refractivity contribution in [2.45, 2.75) is 76.9 Å². The fourth-order valence-corrected chi connectivity index (χ4v) is 5.36. The van der Waals surface area contributed by atoms with Crippen molar-refractivity contribution < 1.29 is 14.9 Å². The topological polar surface area (TPSA) is 52.9 Å². The molecule has 160 valence electrons. The predicted octanol–water partition coefficient (Wildman–Crippen LogP) is 3.93. The molecule has 2 saturated carbocycles. The Labute approximate surface area is 171 Å². The monoisotopic (exact) mass is 391 g/mol. The van der Waals surface area contributed by atoms with Crippen LogP contribution >= 0.6 is 0 Å². The zero-order valence-corrected chi connectivity index (χ0v) is 17.8. The molecular weight excluding hydrogens is 350 g/mol. The third-order valence-corrected chi connectivity index (χ3v) is 7.01. The van der Waals surface area contributed by atoms with Crippen molar-refractivity contribution in [1.29, 1.82) is 0 Å². The van der Waals surface area contributed by atoms with E-state index in [4.69, 9.17) is 4.74 Å². The quantitative estimate of drug-likeness (QED) is 0.414. The molecule has 1 heterocycles. The molecule has 4 heteroatoms. The normalized spacial score (nSPS) is 33.3. The van der Waals surface area contributed by atoms with Gasteiger partial charge >= 0.3 is 0 Å². The average molecular weight is 392 g/mol. The Hall–Kier alpha value is -0.680. The molecule has 4 nitrogen and oxygen atoms in total. The van der Waals surface area contributed by atoms with E-state index in [2.05, 4.69) is 24.0 Å². The number of hydrogen-bond acceptors (Lipinski definition) is 4. The van der Waals surface area contributed by atoms with Crippen LogP contribution in [0.25, 0.3) is 0 Å².